The molecule has 0 saturated carbocycles. The average Bonchev–Trinajstić information content (AvgIpc) is 2.53. The molecular formula is C15H17FN4O. The molecule has 1 aromatic heterocycles. The van der Waals surface area contributed by atoms with E-state index in [9.17, 15) is 9.18 Å². The van der Waals surface area contributed by atoms with E-state index in [4.69, 9.17) is 0 Å². The number of carbonyl (C=O) groups is 1. The van der Waals surface area contributed by atoms with Gasteiger partial charge in [-0.15, -0.1) is 0 Å². The van der Waals surface area contributed by atoms with Crippen molar-refractivity contribution in [1.29, 1.82) is 0 Å². The summed E-state index contributed by atoms with van der Waals surface area (Å²) in [4.78, 5) is 22.7. The van der Waals surface area contributed by atoms with E-state index >= 15 is 0 Å². The van der Waals surface area contributed by atoms with Crippen LogP contribution in [0.1, 0.15) is 23.2 Å². The number of benzene rings is 1. The molecule has 2 aromatic rings. The third-order valence-electron chi connectivity index (χ3n) is 3.89. The normalized spacial score (nSPS) is 19.0. The Morgan fingerprint density at radius 3 is 3.00 bits per heavy atom. The minimum absolute atomic E-state index is 0.181. The Labute approximate surface area is 122 Å². The predicted octanol–water partition coefficient (Wildman–Crippen LogP) is 1.59. The quantitative estimate of drug-likeness (QED) is 0.912. The van der Waals surface area contributed by atoms with E-state index in [0.717, 1.165) is 12.8 Å². The summed E-state index contributed by atoms with van der Waals surface area (Å²) in [6.07, 6.45) is 5.00. The van der Waals surface area contributed by atoms with E-state index in [1.54, 1.807) is 4.90 Å². The van der Waals surface area contributed by atoms with Crippen LogP contribution in [-0.2, 0) is 0 Å². The number of nitrogens with one attached hydrogen (secondary N) is 1. The van der Waals surface area contributed by atoms with E-state index in [0.29, 0.717) is 24.1 Å². The number of piperidine rings is 1. The topological polar surface area (TPSA) is 58.1 Å². The Morgan fingerprint density at radius 2 is 2.19 bits per heavy atom. The van der Waals surface area contributed by atoms with E-state index < -0.39 is 5.82 Å². The van der Waals surface area contributed by atoms with Gasteiger partial charge < -0.3 is 10.2 Å². The van der Waals surface area contributed by atoms with Crippen LogP contribution in [0.25, 0.3) is 11.0 Å². The number of amides is 1. The lowest BCUT2D eigenvalue weighted by Crippen LogP contribution is -2.47. The van der Waals surface area contributed by atoms with Crippen molar-refractivity contribution in [1.82, 2.24) is 20.2 Å². The zero-order valence-electron chi connectivity index (χ0n) is 11.8. The lowest BCUT2D eigenvalue weighted by Gasteiger charge is -2.32. The maximum atomic E-state index is 13.7. The van der Waals surface area contributed by atoms with Gasteiger partial charge in [0.05, 0.1) is 11.1 Å². The van der Waals surface area contributed by atoms with Crippen molar-refractivity contribution in [2.24, 2.45) is 0 Å². The van der Waals surface area contributed by atoms with Crippen molar-refractivity contribution in [2.45, 2.75) is 18.9 Å². The monoisotopic (exact) mass is 288 g/mol. The lowest BCUT2D eigenvalue weighted by atomic mass is 10.0. The molecule has 0 unspecified atom stereocenters. The van der Waals surface area contributed by atoms with Crippen LogP contribution in [-0.4, -0.2) is 47.0 Å². The summed E-state index contributed by atoms with van der Waals surface area (Å²) >= 11 is 0. The number of halogens is 1. The summed E-state index contributed by atoms with van der Waals surface area (Å²) in [5.74, 6) is -0.645. The van der Waals surface area contributed by atoms with Gasteiger partial charge in [0.1, 0.15) is 11.3 Å². The molecule has 21 heavy (non-hydrogen) atoms. The molecule has 0 aliphatic carbocycles. The molecule has 0 radical (unpaired) electrons. The standard InChI is InChI=1S/C15H17FN4O/c1-17-11-3-2-6-20(9-11)15(21)12-7-10(16)8-13-14(12)19-5-4-18-13/h4-5,7-8,11,17H,2-3,6,9H2,1H3/t11-/m1/s1. The number of nitrogens with zero attached hydrogens (tertiary/aromatic N) is 3. The molecule has 1 N–H and O–H groups in total. The number of carbonyl (C=O) groups excluding carboxylic acids is 1. The van der Waals surface area contributed by atoms with Gasteiger partial charge in [-0.1, -0.05) is 0 Å². The number of likely N-dealkylation sites (N-methyl/N-ethyl adjacent to an activating group) is 1. The van der Waals surface area contributed by atoms with Gasteiger partial charge in [0, 0.05) is 37.6 Å². The first kappa shape index (κ1) is 13.9. The molecule has 1 amide bonds. The molecular weight excluding hydrogens is 271 g/mol. The fourth-order valence-electron chi connectivity index (χ4n) is 2.77. The number of hydrogen-bond acceptors (Lipinski definition) is 4. The Morgan fingerprint density at radius 1 is 1.38 bits per heavy atom. The van der Waals surface area contributed by atoms with Crippen molar-refractivity contribution < 1.29 is 9.18 Å². The highest BCUT2D eigenvalue weighted by molar-refractivity contribution is 6.04. The molecule has 1 aliphatic rings. The van der Waals surface area contributed by atoms with Gasteiger partial charge in [-0.3, -0.25) is 14.8 Å². The Hall–Kier alpha value is -2.08. The summed E-state index contributed by atoms with van der Waals surface area (Å²) in [7, 11) is 1.89. The lowest BCUT2D eigenvalue weighted by molar-refractivity contribution is 0.0699. The largest absolute Gasteiger partial charge is 0.337 e. The van der Waals surface area contributed by atoms with Crippen molar-refractivity contribution >= 4 is 16.9 Å². The second-order valence-electron chi connectivity index (χ2n) is 5.26. The predicted molar refractivity (Wildman–Crippen MR) is 77.5 cm³/mol. The molecule has 0 spiro atoms. The molecule has 1 aromatic carbocycles. The Bertz CT molecular complexity index is 676. The van der Waals surface area contributed by atoms with Crippen LogP contribution >= 0.6 is 0 Å². The van der Waals surface area contributed by atoms with Crippen molar-refractivity contribution in [3.05, 3.63) is 35.9 Å². The highest BCUT2D eigenvalue weighted by Gasteiger charge is 2.25. The summed E-state index contributed by atoms with van der Waals surface area (Å²) in [5.41, 5.74) is 1.15. The van der Waals surface area contributed by atoms with Crippen LogP contribution in [0.4, 0.5) is 4.39 Å². The number of rotatable bonds is 2. The first-order valence-electron chi connectivity index (χ1n) is 7.06. The minimum Gasteiger partial charge on any atom is -0.337 e. The van der Waals surface area contributed by atoms with E-state index in [1.165, 1.54) is 24.5 Å². The van der Waals surface area contributed by atoms with E-state index in [-0.39, 0.29) is 17.5 Å². The first-order chi connectivity index (χ1) is 10.2. The zero-order chi connectivity index (χ0) is 14.8. The molecule has 2 heterocycles. The Kier molecular flexibility index (Phi) is 3.79. The molecule has 3 rings (SSSR count). The third-order valence-corrected chi connectivity index (χ3v) is 3.89. The maximum absolute atomic E-state index is 13.7. The maximum Gasteiger partial charge on any atom is 0.256 e. The van der Waals surface area contributed by atoms with Crippen LogP contribution in [0, 0.1) is 5.82 Å². The smallest absolute Gasteiger partial charge is 0.256 e. The first-order valence-corrected chi connectivity index (χ1v) is 7.06. The number of aromatic nitrogens is 2. The number of likely N-dealkylation sites (tertiary alicyclic amines) is 1. The third kappa shape index (κ3) is 2.71. The summed E-state index contributed by atoms with van der Waals surface area (Å²) < 4.78 is 13.7. The Balaban J connectivity index is 1.97. The summed E-state index contributed by atoms with van der Waals surface area (Å²) in [6, 6.07) is 2.84. The fourth-order valence-corrected chi connectivity index (χ4v) is 2.77. The second kappa shape index (κ2) is 5.73. The second-order valence-corrected chi connectivity index (χ2v) is 5.26. The van der Waals surface area contributed by atoms with Crippen LogP contribution in [0.5, 0.6) is 0 Å². The molecule has 0 bridgehead atoms. The molecule has 110 valence electrons. The zero-order valence-corrected chi connectivity index (χ0v) is 11.8. The van der Waals surface area contributed by atoms with Gasteiger partial charge >= 0.3 is 0 Å². The minimum atomic E-state index is -0.464. The highest BCUT2D eigenvalue weighted by atomic mass is 19.1. The summed E-state index contributed by atoms with van der Waals surface area (Å²) in [6.45, 7) is 1.32. The van der Waals surface area contributed by atoms with Crippen LogP contribution in [0.2, 0.25) is 0 Å². The molecule has 1 aliphatic heterocycles. The van der Waals surface area contributed by atoms with Crippen LogP contribution in [0.15, 0.2) is 24.5 Å². The van der Waals surface area contributed by atoms with Gasteiger partial charge in [0.25, 0.3) is 5.91 Å². The summed E-state index contributed by atoms with van der Waals surface area (Å²) in [5, 5.41) is 3.19. The molecule has 1 saturated heterocycles. The van der Waals surface area contributed by atoms with E-state index in [2.05, 4.69) is 15.3 Å². The highest BCUT2D eigenvalue weighted by Crippen LogP contribution is 2.20. The van der Waals surface area contributed by atoms with Crippen molar-refractivity contribution in [3.63, 3.8) is 0 Å². The van der Waals surface area contributed by atoms with Crippen molar-refractivity contribution in [2.75, 3.05) is 20.1 Å². The van der Waals surface area contributed by atoms with Gasteiger partial charge in [0.15, 0.2) is 0 Å². The fraction of sp³-hybridized carbons (Fsp3) is 0.400. The van der Waals surface area contributed by atoms with Gasteiger partial charge in [-0.05, 0) is 26.0 Å². The molecule has 1 atom stereocenters. The number of fused-ring (bicyclic) bond motifs is 1. The average molecular weight is 288 g/mol. The molecule has 5 nitrogen and oxygen atoms in total. The van der Waals surface area contributed by atoms with Crippen LogP contribution in [0.3, 0.4) is 0 Å². The van der Waals surface area contributed by atoms with Gasteiger partial charge in [0.2, 0.25) is 0 Å². The SMILES string of the molecule is CN[C@@H]1CCCN(C(=O)c2cc(F)cc3nccnc23)C1. The van der Waals surface area contributed by atoms with Crippen molar-refractivity contribution in [3.8, 4) is 0 Å². The van der Waals surface area contributed by atoms with Crippen LogP contribution < -0.4 is 5.32 Å². The molecule has 1 fully saturated rings. The number of hydrogen-bond donors (Lipinski definition) is 1. The van der Waals surface area contributed by atoms with E-state index in [1.807, 2.05) is 7.05 Å². The van der Waals surface area contributed by atoms with Gasteiger partial charge in [-0.25, -0.2) is 4.39 Å². The molecule has 6 heteroatoms. The van der Waals surface area contributed by atoms with Gasteiger partial charge in [-0.2, -0.15) is 0 Å².